The lowest BCUT2D eigenvalue weighted by molar-refractivity contribution is 0.102. The van der Waals surface area contributed by atoms with E-state index in [9.17, 15) is 17.6 Å². The van der Waals surface area contributed by atoms with Gasteiger partial charge in [-0.1, -0.05) is 41.9 Å². The van der Waals surface area contributed by atoms with Gasteiger partial charge in [0.15, 0.2) is 0 Å². The first-order chi connectivity index (χ1) is 12.9. The highest BCUT2D eigenvalue weighted by molar-refractivity contribution is 7.92. The zero-order chi connectivity index (χ0) is 19.4. The quantitative estimate of drug-likeness (QED) is 0.655. The maximum Gasteiger partial charge on any atom is 0.262 e. The number of benzene rings is 3. The number of sulfonamides is 1. The fraction of sp³-hybridized carbons (Fsp3) is 0. The number of carbonyl (C=O) groups is 1. The number of para-hydroxylation sites is 2. The van der Waals surface area contributed by atoms with Crippen LogP contribution in [-0.4, -0.2) is 14.3 Å². The highest BCUT2D eigenvalue weighted by Gasteiger charge is 2.18. The number of hydrogen-bond acceptors (Lipinski definition) is 3. The molecule has 0 unspecified atom stereocenters. The fourth-order valence-electron chi connectivity index (χ4n) is 2.31. The first-order valence-corrected chi connectivity index (χ1v) is 9.66. The summed E-state index contributed by atoms with van der Waals surface area (Å²) in [6.45, 7) is 0. The number of carbonyl (C=O) groups excluding carboxylic acids is 1. The Balaban J connectivity index is 1.85. The van der Waals surface area contributed by atoms with Crippen LogP contribution in [0.4, 0.5) is 15.8 Å². The Kier molecular flexibility index (Phi) is 5.43. The van der Waals surface area contributed by atoms with Crippen LogP contribution in [0, 0.1) is 5.82 Å². The van der Waals surface area contributed by atoms with Gasteiger partial charge in [-0.2, -0.15) is 0 Å². The van der Waals surface area contributed by atoms with Gasteiger partial charge < -0.3 is 5.32 Å². The Morgan fingerprint density at radius 3 is 2.26 bits per heavy atom. The van der Waals surface area contributed by atoms with Gasteiger partial charge >= 0.3 is 0 Å². The number of hydrogen-bond donors (Lipinski definition) is 2. The van der Waals surface area contributed by atoms with Gasteiger partial charge in [0.1, 0.15) is 5.82 Å². The lowest BCUT2D eigenvalue weighted by Gasteiger charge is -2.11. The third kappa shape index (κ3) is 4.45. The first kappa shape index (κ1) is 18.9. The van der Waals surface area contributed by atoms with E-state index >= 15 is 0 Å². The van der Waals surface area contributed by atoms with Crippen LogP contribution >= 0.6 is 11.6 Å². The van der Waals surface area contributed by atoms with Crippen molar-refractivity contribution in [1.29, 1.82) is 0 Å². The monoisotopic (exact) mass is 404 g/mol. The molecule has 138 valence electrons. The highest BCUT2D eigenvalue weighted by atomic mass is 35.5. The summed E-state index contributed by atoms with van der Waals surface area (Å²) in [6.07, 6.45) is 0. The average Bonchev–Trinajstić information content (AvgIpc) is 2.65. The van der Waals surface area contributed by atoms with Crippen LogP contribution < -0.4 is 10.0 Å². The number of rotatable bonds is 5. The second kappa shape index (κ2) is 7.77. The molecule has 0 aliphatic carbocycles. The van der Waals surface area contributed by atoms with E-state index in [0.717, 1.165) is 6.07 Å². The van der Waals surface area contributed by atoms with Gasteiger partial charge in [-0.15, -0.1) is 0 Å². The van der Waals surface area contributed by atoms with Gasteiger partial charge in [0.25, 0.3) is 15.9 Å². The van der Waals surface area contributed by atoms with Gasteiger partial charge in [-0.25, -0.2) is 12.8 Å². The predicted octanol–water partition coefficient (Wildman–Crippen LogP) is 4.53. The lowest BCUT2D eigenvalue weighted by atomic mass is 10.2. The van der Waals surface area contributed by atoms with Gasteiger partial charge in [0.05, 0.1) is 21.3 Å². The first-order valence-electron chi connectivity index (χ1n) is 7.80. The molecule has 0 aliphatic heterocycles. The van der Waals surface area contributed by atoms with E-state index in [-0.39, 0.29) is 16.1 Å². The van der Waals surface area contributed by atoms with E-state index in [4.69, 9.17) is 11.6 Å². The summed E-state index contributed by atoms with van der Waals surface area (Å²) >= 11 is 6.01. The van der Waals surface area contributed by atoms with Gasteiger partial charge in [0, 0.05) is 5.56 Å². The molecular weight excluding hydrogens is 391 g/mol. The molecule has 3 aromatic carbocycles. The van der Waals surface area contributed by atoms with Gasteiger partial charge in [-0.05, 0) is 42.5 Å². The Hall–Kier alpha value is -2.90. The van der Waals surface area contributed by atoms with E-state index in [1.165, 1.54) is 42.5 Å². The van der Waals surface area contributed by atoms with Gasteiger partial charge in [0.2, 0.25) is 0 Å². The number of nitrogens with one attached hydrogen (secondary N) is 2. The summed E-state index contributed by atoms with van der Waals surface area (Å²) in [4.78, 5) is 12.2. The third-order valence-corrected chi connectivity index (χ3v) is 5.34. The van der Waals surface area contributed by atoms with Crippen molar-refractivity contribution in [2.75, 3.05) is 10.0 Å². The molecule has 3 aromatic rings. The van der Waals surface area contributed by atoms with Crippen molar-refractivity contribution in [3.05, 3.63) is 89.2 Å². The minimum atomic E-state index is -4.07. The van der Waals surface area contributed by atoms with E-state index < -0.39 is 21.7 Å². The van der Waals surface area contributed by atoms with Crippen LogP contribution in [0.3, 0.4) is 0 Å². The Bertz CT molecular complexity index is 1100. The molecule has 0 bridgehead atoms. The molecular formula is C19H14ClFN2O3S. The molecule has 8 heteroatoms. The second-order valence-electron chi connectivity index (χ2n) is 5.55. The molecule has 0 saturated heterocycles. The van der Waals surface area contributed by atoms with E-state index in [1.54, 1.807) is 24.3 Å². The molecule has 1 amide bonds. The SMILES string of the molecule is O=C(Nc1ccccc1Cl)c1cccc(S(=O)(=O)Nc2ccccc2F)c1. The molecule has 27 heavy (non-hydrogen) atoms. The van der Waals surface area contributed by atoms with Gasteiger partial charge in [-0.3, -0.25) is 9.52 Å². The topological polar surface area (TPSA) is 75.3 Å². The molecule has 0 fully saturated rings. The molecule has 2 N–H and O–H groups in total. The molecule has 0 saturated carbocycles. The van der Waals surface area contributed by atoms with Crippen molar-refractivity contribution in [3.8, 4) is 0 Å². The second-order valence-corrected chi connectivity index (χ2v) is 7.64. The van der Waals surface area contributed by atoms with Crippen LogP contribution in [-0.2, 0) is 10.0 Å². The molecule has 0 spiro atoms. The van der Waals surface area contributed by atoms with E-state index in [1.807, 2.05) is 0 Å². The summed E-state index contributed by atoms with van der Waals surface area (Å²) in [5.41, 5.74) is 0.344. The highest BCUT2D eigenvalue weighted by Crippen LogP contribution is 2.23. The molecule has 5 nitrogen and oxygen atoms in total. The van der Waals surface area contributed by atoms with E-state index in [2.05, 4.69) is 10.0 Å². The average molecular weight is 405 g/mol. The van der Waals surface area contributed by atoms with Crippen LogP contribution in [0.2, 0.25) is 5.02 Å². The Labute approximate surface area is 160 Å². The smallest absolute Gasteiger partial charge is 0.262 e. The largest absolute Gasteiger partial charge is 0.321 e. The molecule has 3 rings (SSSR count). The molecule has 0 aromatic heterocycles. The zero-order valence-corrected chi connectivity index (χ0v) is 15.4. The number of halogens is 2. The number of anilines is 2. The summed E-state index contributed by atoms with van der Waals surface area (Å²) in [6, 6.07) is 17.5. The molecule has 0 aliphatic rings. The maximum atomic E-state index is 13.7. The standard InChI is InChI=1S/C19H14ClFN2O3S/c20-15-8-1-3-10-17(15)22-19(24)13-6-5-7-14(12-13)27(25,26)23-18-11-4-2-9-16(18)21/h1-12,23H,(H,22,24). The molecule has 0 radical (unpaired) electrons. The normalized spacial score (nSPS) is 11.0. The van der Waals surface area contributed by atoms with Crippen LogP contribution in [0.25, 0.3) is 0 Å². The Morgan fingerprint density at radius 2 is 1.56 bits per heavy atom. The zero-order valence-electron chi connectivity index (χ0n) is 13.8. The predicted molar refractivity (Wildman–Crippen MR) is 103 cm³/mol. The third-order valence-electron chi connectivity index (χ3n) is 3.65. The summed E-state index contributed by atoms with van der Waals surface area (Å²) in [5.74, 6) is -1.22. The Morgan fingerprint density at radius 1 is 0.889 bits per heavy atom. The van der Waals surface area contributed by atoms with Crippen molar-refractivity contribution in [3.63, 3.8) is 0 Å². The molecule has 0 atom stereocenters. The van der Waals surface area contributed by atoms with E-state index in [0.29, 0.717) is 10.7 Å². The van der Waals surface area contributed by atoms with Crippen molar-refractivity contribution in [2.24, 2.45) is 0 Å². The lowest BCUT2D eigenvalue weighted by Crippen LogP contribution is -2.16. The van der Waals surface area contributed by atoms with Crippen LogP contribution in [0.1, 0.15) is 10.4 Å². The summed E-state index contributed by atoms with van der Waals surface area (Å²) in [7, 11) is -4.07. The summed E-state index contributed by atoms with van der Waals surface area (Å²) in [5, 5.41) is 2.98. The minimum Gasteiger partial charge on any atom is -0.321 e. The molecule has 0 heterocycles. The van der Waals surface area contributed by atoms with Crippen molar-refractivity contribution in [1.82, 2.24) is 0 Å². The van der Waals surface area contributed by atoms with Crippen LogP contribution in [0.5, 0.6) is 0 Å². The summed E-state index contributed by atoms with van der Waals surface area (Å²) < 4.78 is 40.9. The van der Waals surface area contributed by atoms with Crippen LogP contribution in [0.15, 0.2) is 77.7 Å². The minimum absolute atomic E-state index is 0.117. The number of amides is 1. The fourth-order valence-corrected chi connectivity index (χ4v) is 3.60. The van der Waals surface area contributed by atoms with Crippen molar-refractivity contribution >= 4 is 38.9 Å². The maximum absolute atomic E-state index is 13.7. The van der Waals surface area contributed by atoms with Crippen molar-refractivity contribution < 1.29 is 17.6 Å². The van der Waals surface area contributed by atoms with Crippen molar-refractivity contribution in [2.45, 2.75) is 4.90 Å².